The van der Waals surface area contributed by atoms with E-state index in [1.54, 1.807) is 0 Å². The largest absolute Gasteiger partial charge is 0.305 e. The summed E-state index contributed by atoms with van der Waals surface area (Å²) >= 11 is 1.82. The molecule has 0 spiro atoms. The third-order valence-corrected chi connectivity index (χ3v) is 5.51. The highest BCUT2D eigenvalue weighted by atomic mass is 32.1. The molecule has 0 radical (unpaired) electrons. The summed E-state index contributed by atoms with van der Waals surface area (Å²) in [4.78, 5) is 1.41. The molecule has 1 unspecified atom stereocenters. The second-order valence-corrected chi connectivity index (χ2v) is 7.13. The summed E-state index contributed by atoms with van der Waals surface area (Å²) in [7, 11) is 0. The number of benzene rings is 1. The zero-order valence-electron chi connectivity index (χ0n) is 14.6. The molecule has 3 aromatic rings. The van der Waals surface area contributed by atoms with Crippen molar-refractivity contribution in [3.8, 4) is 0 Å². The molecular weight excluding hydrogens is 314 g/mol. The van der Waals surface area contributed by atoms with Crippen LogP contribution in [0.1, 0.15) is 46.8 Å². The fourth-order valence-corrected chi connectivity index (χ4v) is 3.95. The standard InChI is InChI=1S/C20H25N3S/c1-4-19(20-11-8-12-24-20)21-13-18-15(2)22-23(16(18)3)14-17-9-6-5-7-10-17/h5-12,19,21H,4,13-14H2,1-3H3. The van der Waals surface area contributed by atoms with Gasteiger partial charge >= 0.3 is 0 Å². The van der Waals surface area contributed by atoms with E-state index in [4.69, 9.17) is 5.10 Å². The zero-order valence-corrected chi connectivity index (χ0v) is 15.4. The Morgan fingerprint density at radius 3 is 2.58 bits per heavy atom. The van der Waals surface area contributed by atoms with Crippen molar-refractivity contribution in [2.24, 2.45) is 0 Å². The number of nitrogens with zero attached hydrogens (tertiary/aromatic N) is 2. The van der Waals surface area contributed by atoms with Crippen molar-refractivity contribution in [2.75, 3.05) is 0 Å². The number of rotatable bonds is 7. The third-order valence-electron chi connectivity index (χ3n) is 4.53. The van der Waals surface area contributed by atoms with Crippen LogP contribution in [0, 0.1) is 13.8 Å². The van der Waals surface area contributed by atoms with Crippen LogP contribution in [0.25, 0.3) is 0 Å². The molecule has 0 amide bonds. The molecule has 126 valence electrons. The lowest BCUT2D eigenvalue weighted by Gasteiger charge is -2.15. The highest BCUT2D eigenvalue weighted by Gasteiger charge is 2.15. The Bertz CT molecular complexity index is 760. The normalized spacial score (nSPS) is 12.5. The summed E-state index contributed by atoms with van der Waals surface area (Å²) < 4.78 is 2.12. The minimum atomic E-state index is 0.418. The minimum absolute atomic E-state index is 0.418. The monoisotopic (exact) mass is 339 g/mol. The lowest BCUT2D eigenvalue weighted by Crippen LogP contribution is -2.20. The molecule has 3 rings (SSSR count). The number of aryl methyl sites for hydroxylation is 1. The Balaban J connectivity index is 1.72. The van der Waals surface area contributed by atoms with Gasteiger partial charge in [0.15, 0.2) is 0 Å². The summed E-state index contributed by atoms with van der Waals surface area (Å²) in [6.07, 6.45) is 1.09. The van der Waals surface area contributed by atoms with Gasteiger partial charge in [0.2, 0.25) is 0 Å². The highest BCUT2D eigenvalue weighted by molar-refractivity contribution is 7.10. The molecule has 24 heavy (non-hydrogen) atoms. The van der Waals surface area contributed by atoms with Crippen LogP contribution in [0.5, 0.6) is 0 Å². The number of hydrogen-bond acceptors (Lipinski definition) is 3. The Hall–Kier alpha value is -1.91. The SMILES string of the molecule is CCC(NCc1c(C)nn(Cc2ccccc2)c1C)c1cccs1. The number of thiophene rings is 1. The molecule has 2 heterocycles. The van der Waals surface area contributed by atoms with Crippen molar-refractivity contribution in [1.29, 1.82) is 0 Å². The predicted molar refractivity (Wildman–Crippen MR) is 101 cm³/mol. The molecule has 4 heteroatoms. The van der Waals surface area contributed by atoms with Crippen molar-refractivity contribution >= 4 is 11.3 Å². The van der Waals surface area contributed by atoms with E-state index in [2.05, 4.69) is 78.6 Å². The predicted octanol–water partition coefficient (Wildman–Crippen LogP) is 4.85. The summed E-state index contributed by atoms with van der Waals surface area (Å²) in [6.45, 7) is 8.21. The fraction of sp³-hybridized carbons (Fsp3) is 0.350. The highest BCUT2D eigenvalue weighted by Crippen LogP contribution is 2.23. The molecule has 0 fully saturated rings. The zero-order chi connectivity index (χ0) is 16.9. The second-order valence-electron chi connectivity index (χ2n) is 6.15. The average Bonchev–Trinajstić information content (AvgIpc) is 3.20. The Kier molecular flexibility index (Phi) is 5.48. The van der Waals surface area contributed by atoms with E-state index in [0.29, 0.717) is 6.04 Å². The first-order valence-electron chi connectivity index (χ1n) is 8.52. The molecule has 0 bridgehead atoms. The maximum Gasteiger partial charge on any atom is 0.0662 e. The van der Waals surface area contributed by atoms with Gasteiger partial charge < -0.3 is 5.32 Å². The third kappa shape index (κ3) is 3.77. The summed E-state index contributed by atoms with van der Waals surface area (Å²) in [5.41, 5.74) is 4.98. The van der Waals surface area contributed by atoms with E-state index in [9.17, 15) is 0 Å². The number of nitrogens with one attached hydrogen (secondary N) is 1. The van der Waals surface area contributed by atoms with Gasteiger partial charge in [0.1, 0.15) is 0 Å². The van der Waals surface area contributed by atoms with Crippen molar-refractivity contribution in [3.05, 3.63) is 75.2 Å². The molecule has 2 aromatic heterocycles. The lowest BCUT2D eigenvalue weighted by atomic mass is 10.1. The topological polar surface area (TPSA) is 29.9 Å². The van der Waals surface area contributed by atoms with Crippen LogP contribution >= 0.6 is 11.3 Å². The molecule has 0 aliphatic rings. The van der Waals surface area contributed by atoms with Crippen LogP contribution in [-0.2, 0) is 13.1 Å². The van der Waals surface area contributed by atoms with E-state index >= 15 is 0 Å². The van der Waals surface area contributed by atoms with E-state index in [1.807, 2.05) is 11.3 Å². The average molecular weight is 340 g/mol. The smallest absolute Gasteiger partial charge is 0.0662 e. The van der Waals surface area contributed by atoms with Gasteiger partial charge in [-0.25, -0.2) is 0 Å². The molecule has 1 aromatic carbocycles. The van der Waals surface area contributed by atoms with Crippen molar-refractivity contribution in [3.63, 3.8) is 0 Å². The summed E-state index contributed by atoms with van der Waals surface area (Å²) in [5.74, 6) is 0. The van der Waals surface area contributed by atoms with Crippen molar-refractivity contribution in [1.82, 2.24) is 15.1 Å². The minimum Gasteiger partial charge on any atom is -0.305 e. The van der Waals surface area contributed by atoms with E-state index in [1.165, 1.54) is 21.7 Å². The molecule has 1 N–H and O–H groups in total. The summed E-state index contributed by atoms with van der Waals surface area (Å²) in [6, 6.07) is 15.3. The maximum atomic E-state index is 4.75. The first-order valence-corrected chi connectivity index (χ1v) is 9.40. The van der Waals surface area contributed by atoms with E-state index < -0.39 is 0 Å². The van der Waals surface area contributed by atoms with E-state index in [-0.39, 0.29) is 0 Å². The van der Waals surface area contributed by atoms with Gasteiger partial charge in [0, 0.05) is 28.7 Å². The van der Waals surface area contributed by atoms with Crippen molar-refractivity contribution in [2.45, 2.75) is 46.3 Å². The number of hydrogen-bond donors (Lipinski definition) is 1. The van der Waals surface area contributed by atoms with Crippen LogP contribution in [0.2, 0.25) is 0 Å². The Morgan fingerprint density at radius 1 is 1.12 bits per heavy atom. The molecule has 1 atom stereocenters. The van der Waals surface area contributed by atoms with Gasteiger partial charge in [0.05, 0.1) is 12.2 Å². The molecular formula is C20H25N3S. The van der Waals surface area contributed by atoms with Crippen LogP contribution in [0.3, 0.4) is 0 Å². The van der Waals surface area contributed by atoms with Crippen LogP contribution < -0.4 is 5.32 Å². The molecule has 3 nitrogen and oxygen atoms in total. The van der Waals surface area contributed by atoms with Gasteiger partial charge in [-0.3, -0.25) is 4.68 Å². The quantitative estimate of drug-likeness (QED) is 0.667. The molecule has 0 aliphatic carbocycles. The van der Waals surface area contributed by atoms with Gasteiger partial charge in [-0.15, -0.1) is 11.3 Å². The van der Waals surface area contributed by atoms with Crippen LogP contribution in [0.15, 0.2) is 47.8 Å². The lowest BCUT2D eigenvalue weighted by molar-refractivity contribution is 0.524. The fourth-order valence-electron chi connectivity index (χ4n) is 3.06. The van der Waals surface area contributed by atoms with Gasteiger partial charge in [-0.05, 0) is 37.3 Å². The summed E-state index contributed by atoms with van der Waals surface area (Å²) in [5, 5.41) is 10.6. The van der Waals surface area contributed by atoms with Crippen LogP contribution in [0.4, 0.5) is 0 Å². The van der Waals surface area contributed by atoms with Crippen molar-refractivity contribution < 1.29 is 0 Å². The molecule has 0 saturated heterocycles. The second kappa shape index (κ2) is 7.77. The van der Waals surface area contributed by atoms with E-state index in [0.717, 1.165) is 25.2 Å². The maximum absolute atomic E-state index is 4.75. The first-order chi connectivity index (χ1) is 11.7. The Morgan fingerprint density at radius 2 is 1.92 bits per heavy atom. The van der Waals surface area contributed by atoms with Gasteiger partial charge in [0.25, 0.3) is 0 Å². The van der Waals surface area contributed by atoms with Gasteiger partial charge in [-0.2, -0.15) is 5.10 Å². The number of aromatic nitrogens is 2. The first kappa shape index (κ1) is 16.9. The Labute approximate surface area is 148 Å². The van der Waals surface area contributed by atoms with Gasteiger partial charge in [-0.1, -0.05) is 43.3 Å². The van der Waals surface area contributed by atoms with Crippen LogP contribution in [-0.4, -0.2) is 9.78 Å². The molecule has 0 saturated carbocycles. The molecule has 0 aliphatic heterocycles.